The van der Waals surface area contributed by atoms with E-state index in [1.165, 1.54) is 37.8 Å². The topological polar surface area (TPSA) is 38.9 Å². The lowest BCUT2D eigenvalue weighted by molar-refractivity contribution is 0.128. The molecule has 0 saturated carbocycles. The zero-order valence-corrected chi connectivity index (χ0v) is 13.8. The van der Waals surface area contributed by atoms with E-state index in [0.717, 1.165) is 25.5 Å². The quantitative estimate of drug-likeness (QED) is 0.823. The predicted octanol–water partition coefficient (Wildman–Crippen LogP) is 2.85. The van der Waals surface area contributed by atoms with Crippen molar-refractivity contribution >= 4 is 0 Å². The second-order valence-corrected chi connectivity index (χ2v) is 6.28. The van der Waals surface area contributed by atoms with Gasteiger partial charge in [0.05, 0.1) is 6.20 Å². The van der Waals surface area contributed by atoms with Crippen LogP contribution in [0.3, 0.4) is 0 Å². The molecule has 1 fully saturated rings. The van der Waals surface area contributed by atoms with Gasteiger partial charge in [-0.2, -0.15) is 5.10 Å². The molecule has 2 aromatic rings. The van der Waals surface area contributed by atoms with Gasteiger partial charge in [0.2, 0.25) is 0 Å². The number of aromatic nitrogens is 4. The summed E-state index contributed by atoms with van der Waals surface area (Å²) in [5, 5.41) is 4.40. The maximum absolute atomic E-state index is 4.40. The summed E-state index contributed by atoms with van der Waals surface area (Å²) >= 11 is 0. The summed E-state index contributed by atoms with van der Waals surface area (Å²) in [6.45, 7) is 8.48. The molecular formula is C17H27N5. The van der Waals surface area contributed by atoms with Crippen LogP contribution in [-0.2, 0) is 19.6 Å². The van der Waals surface area contributed by atoms with Crippen LogP contribution < -0.4 is 0 Å². The highest BCUT2D eigenvalue weighted by Crippen LogP contribution is 2.22. The first-order valence-electron chi connectivity index (χ1n) is 8.49. The van der Waals surface area contributed by atoms with Crippen LogP contribution in [-0.4, -0.2) is 36.8 Å². The summed E-state index contributed by atoms with van der Waals surface area (Å²) in [6, 6.07) is 0.681. The van der Waals surface area contributed by atoms with Crippen molar-refractivity contribution in [3.8, 4) is 0 Å². The number of piperidine rings is 1. The van der Waals surface area contributed by atoms with Crippen LogP contribution in [0, 0.1) is 6.92 Å². The first kappa shape index (κ1) is 15.3. The van der Waals surface area contributed by atoms with Crippen LogP contribution in [0.1, 0.15) is 44.0 Å². The first-order chi connectivity index (χ1) is 10.8. The van der Waals surface area contributed by atoms with Crippen molar-refractivity contribution in [1.82, 2.24) is 24.2 Å². The molecule has 0 bridgehead atoms. The normalized spacial score (nSPS) is 19.6. The van der Waals surface area contributed by atoms with Gasteiger partial charge in [0.15, 0.2) is 0 Å². The molecule has 0 aliphatic carbocycles. The van der Waals surface area contributed by atoms with E-state index in [2.05, 4.69) is 45.8 Å². The average Bonchev–Trinajstić information content (AvgIpc) is 3.15. The number of imidazole rings is 1. The van der Waals surface area contributed by atoms with E-state index < -0.39 is 0 Å². The minimum atomic E-state index is 0.681. The molecule has 0 N–H and O–H groups in total. The fourth-order valence-electron chi connectivity index (χ4n) is 3.42. The highest BCUT2D eigenvalue weighted by Gasteiger charge is 2.22. The van der Waals surface area contributed by atoms with Gasteiger partial charge in [-0.1, -0.05) is 6.42 Å². The number of hydrogen-bond donors (Lipinski definition) is 0. The number of aryl methyl sites for hydroxylation is 3. The van der Waals surface area contributed by atoms with Crippen LogP contribution in [0.25, 0.3) is 0 Å². The summed E-state index contributed by atoms with van der Waals surface area (Å²) in [5.41, 5.74) is 1.34. The van der Waals surface area contributed by atoms with Crippen LogP contribution >= 0.6 is 0 Å². The lowest BCUT2D eigenvalue weighted by atomic mass is 9.99. The Kier molecular flexibility index (Phi) is 4.93. The molecule has 3 rings (SSSR count). The molecule has 22 heavy (non-hydrogen) atoms. The van der Waals surface area contributed by atoms with Gasteiger partial charge in [0.1, 0.15) is 5.82 Å². The van der Waals surface area contributed by atoms with Crippen molar-refractivity contribution in [1.29, 1.82) is 0 Å². The Hall–Kier alpha value is -1.62. The molecule has 5 nitrogen and oxygen atoms in total. The Balaban J connectivity index is 1.59. The molecule has 1 atom stereocenters. The van der Waals surface area contributed by atoms with Crippen molar-refractivity contribution in [3.05, 3.63) is 36.2 Å². The number of likely N-dealkylation sites (tertiary alicyclic amines) is 1. The molecule has 2 aromatic heterocycles. The molecular weight excluding hydrogens is 274 g/mol. The third kappa shape index (κ3) is 3.58. The average molecular weight is 301 g/mol. The van der Waals surface area contributed by atoms with Crippen LogP contribution in [0.5, 0.6) is 0 Å². The third-order valence-electron chi connectivity index (χ3n) is 4.77. The van der Waals surface area contributed by atoms with Crippen molar-refractivity contribution in [3.63, 3.8) is 0 Å². The summed E-state index contributed by atoms with van der Waals surface area (Å²) in [7, 11) is 0. The summed E-state index contributed by atoms with van der Waals surface area (Å²) in [4.78, 5) is 6.96. The van der Waals surface area contributed by atoms with Gasteiger partial charge in [-0.3, -0.25) is 9.58 Å². The fourth-order valence-corrected chi connectivity index (χ4v) is 3.42. The van der Waals surface area contributed by atoms with Gasteiger partial charge in [-0.15, -0.1) is 0 Å². The maximum Gasteiger partial charge on any atom is 0.105 e. The van der Waals surface area contributed by atoms with Crippen molar-refractivity contribution in [2.75, 3.05) is 6.54 Å². The van der Waals surface area contributed by atoms with Crippen LogP contribution in [0.15, 0.2) is 24.8 Å². The van der Waals surface area contributed by atoms with E-state index in [0.29, 0.717) is 6.04 Å². The van der Waals surface area contributed by atoms with Crippen LogP contribution in [0.4, 0.5) is 0 Å². The predicted molar refractivity (Wildman–Crippen MR) is 87.5 cm³/mol. The van der Waals surface area contributed by atoms with Gasteiger partial charge in [-0.05, 0) is 39.7 Å². The Bertz CT molecular complexity index is 585. The van der Waals surface area contributed by atoms with E-state index in [-0.39, 0.29) is 0 Å². The Morgan fingerprint density at radius 1 is 1.32 bits per heavy atom. The third-order valence-corrected chi connectivity index (χ3v) is 4.77. The molecule has 1 aliphatic rings. The zero-order chi connectivity index (χ0) is 15.4. The minimum absolute atomic E-state index is 0.681. The molecule has 1 unspecified atom stereocenters. The molecule has 1 aliphatic heterocycles. The van der Waals surface area contributed by atoms with Crippen molar-refractivity contribution in [2.24, 2.45) is 0 Å². The smallest absolute Gasteiger partial charge is 0.105 e. The number of rotatable bonds is 6. The monoisotopic (exact) mass is 301 g/mol. The number of nitrogens with zero attached hydrogens (tertiary/aromatic N) is 5. The molecule has 3 heterocycles. The van der Waals surface area contributed by atoms with Gasteiger partial charge in [0.25, 0.3) is 0 Å². The second-order valence-electron chi connectivity index (χ2n) is 6.28. The van der Waals surface area contributed by atoms with E-state index >= 15 is 0 Å². The lowest BCUT2D eigenvalue weighted by Crippen LogP contribution is -2.39. The standard InChI is InChI=1S/C17H27N5/c1-3-22-14-16(12-19-22)13-21-9-5-4-6-17(21)7-10-20-11-8-18-15(20)2/h8,11-12,14,17H,3-7,9-10,13H2,1-2H3. The Labute approximate surface area is 133 Å². The highest BCUT2D eigenvalue weighted by atomic mass is 15.3. The highest BCUT2D eigenvalue weighted by molar-refractivity contribution is 5.04. The fraction of sp³-hybridized carbons (Fsp3) is 0.647. The SMILES string of the molecule is CCn1cc(CN2CCCCC2CCn2ccnc2C)cn1. The van der Waals surface area contributed by atoms with E-state index in [4.69, 9.17) is 0 Å². The Morgan fingerprint density at radius 3 is 2.95 bits per heavy atom. The molecule has 0 aromatic carbocycles. The van der Waals surface area contributed by atoms with Crippen molar-refractivity contribution < 1.29 is 0 Å². The molecule has 5 heteroatoms. The van der Waals surface area contributed by atoms with Crippen molar-refractivity contribution in [2.45, 2.75) is 65.2 Å². The number of hydrogen-bond acceptors (Lipinski definition) is 3. The Morgan fingerprint density at radius 2 is 2.23 bits per heavy atom. The molecule has 0 radical (unpaired) electrons. The van der Waals surface area contributed by atoms with Crippen LogP contribution in [0.2, 0.25) is 0 Å². The molecule has 1 saturated heterocycles. The summed E-state index contributed by atoms with van der Waals surface area (Å²) in [5.74, 6) is 1.12. The van der Waals surface area contributed by atoms with Gasteiger partial charge in [-0.25, -0.2) is 4.98 Å². The van der Waals surface area contributed by atoms with Gasteiger partial charge in [0, 0.05) is 49.8 Å². The molecule has 0 spiro atoms. The first-order valence-corrected chi connectivity index (χ1v) is 8.49. The summed E-state index contributed by atoms with van der Waals surface area (Å²) < 4.78 is 4.28. The lowest BCUT2D eigenvalue weighted by Gasteiger charge is -2.35. The van der Waals surface area contributed by atoms with E-state index in [1.807, 2.05) is 17.1 Å². The van der Waals surface area contributed by atoms with Gasteiger partial charge >= 0.3 is 0 Å². The molecule has 0 amide bonds. The minimum Gasteiger partial charge on any atom is -0.335 e. The molecule has 120 valence electrons. The largest absolute Gasteiger partial charge is 0.335 e. The maximum atomic E-state index is 4.40. The zero-order valence-electron chi connectivity index (χ0n) is 13.8. The van der Waals surface area contributed by atoms with Gasteiger partial charge < -0.3 is 4.57 Å². The van der Waals surface area contributed by atoms with E-state index in [9.17, 15) is 0 Å². The summed E-state index contributed by atoms with van der Waals surface area (Å²) in [6.07, 6.45) is 13.4. The van der Waals surface area contributed by atoms with E-state index in [1.54, 1.807) is 0 Å². The second kappa shape index (κ2) is 7.09.